The highest BCUT2D eigenvalue weighted by Crippen LogP contribution is 2.38. The van der Waals surface area contributed by atoms with Gasteiger partial charge in [0, 0.05) is 30.7 Å². The van der Waals surface area contributed by atoms with Gasteiger partial charge in [0.2, 0.25) is 10.0 Å². The maximum absolute atomic E-state index is 12.4. The molecule has 8 heteroatoms. The van der Waals surface area contributed by atoms with Gasteiger partial charge in [0.1, 0.15) is 0 Å². The molecule has 2 aromatic carbocycles. The van der Waals surface area contributed by atoms with Gasteiger partial charge in [-0.15, -0.1) is 0 Å². The topological polar surface area (TPSA) is 99.5 Å². The summed E-state index contributed by atoms with van der Waals surface area (Å²) in [4.78, 5) is 18.1. The Morgan fingerprint density at radius 2 is 1.86 bits per heavy atom. The predicted octanol–water partition coefficient (Wildman–Crippen LogP) is 4.23. The minimum Gasteiger partial charge on any atom is -0.366 e. The molecule has 0 radical (unpaired) electrons. The maximum atomic E-state index is 12.4. The van der Waals surface area contributed by atoms with Gasteiger partial charge in [-0.3, -0.25) is 9.69 Å². The van der Waals surface area contributed by atoms with Crippen molar-refractivity contribution < 1.29 is 13.2 Å². The van der Waals surface area contributed by atoms with E-state index in [1.165, 1.54) is 12.0 Å². The zero-order chi connectivity index (χ0) is 24.7. The number of aromatic amines is 1. The van der Waals surface area contributed by atoms with Crippen LogP contribution >= 0.6 is 0 Å². The Morgan fingerprint density at radius 3 is 2.51 bits per heavy atom. The minimum atomic E-state index is -3.17. The fourth-order valence-electron chi connectivity index (χ4n) is 5.84. The number of benzene rings is 2. The molecule has 1 unspecified atom stereocenters. The van der Waals surface area contributed by atoms with Crippen molar-refractivity contribution in [2.45, 2.75) is 44.6 Å². The third kappa shape index (κ3) is 4.50. The molecule has 0 aliphatic carbocycles. The number of likely N-dealkylation sites (tertiary alicyclic amines) is 1. The van der Waals surface area contributed by atoms with Gasteiger partial charge < -0.3 is 10.7 Å². The predicted molar refractivity (Wildman–Crippen MR) is 140 cm³/mol. The van der Waals surface area contributed by atoms with E-state index in [0.29, 0.717) is 24.7 Å². The van der Waals surface area contributed by atoms with E-state index in [4.69, 9.17) is 5.73 Å². The van der Waals surface area contributed by atoms with Crippen LogP contribution in [0.2, 0.25) is 0 Å². The first-order chi connectivity index (χ1) is 16.8. The van der Waals surface area contributed by atoms with E-state index >= 15 is 0 Å². The summed E-state index contributed by atoms with van der Waals surface area (Å²) in [5, 5.41) is 0.997. The zero-order valence-corrected chi connectivity index (χ0v) is 21.3. The van der Waals surface area contributed by atoms with Crippen LogP contribution in [-0.2, 0) is 10.0 Å². The molecule has 3 aromatic rings. The Bertz CT molecular complexity index is 1360. The zero-order valence-electron chi connectivity index (χ0n) is 20.5. The number of H-pyrrole nitrogens is 1. The molecule has 0 spiro atoms. The molecule has 5 rings (SSSR count). The summed E-state index contributed by atoms with van der Waals surface area (Å²) in [5.41, 5.74) is 11.5. The summed E-state index contributed by atoms with van der Waals surface area (Å²) >= 11 is 0. The van der Waals surface area contributed by atoms with Crippen LogP contribution in [0.15, 0.2) is 42.6 Å². The second kappa shape index (κ2) is 9.41. The highest BCUT2D eigenvalue weighted by molar-refractivity contribution is 7.89. The highest BCUT2D eigenvalue weighted by atomic mass is 32.2. The molecule has 0 bridgehead atoms. The number of carbonyl (C=O) groups is 1. The van der Waals surface area contributed by atoms with Crippen molar-refractivity contribution in [3.05, 3.63) is 59.3 Å². The minimum absolute atomic E-state index is 0.131. The van der Waals surface area contributed by atoms with Crippen molar-refractivity contribution in [2.75, 3.05) is 32.4 Å². The van der Waals surface area contributed by atoms with E-state index < -0.39 is 15.9 Å². The van der Waals surface area contributed by atoms with Crippen molar-refractivity contribution in [2.24, 2.45) is 5.73 Å². The van der Waals surface area contributed by atoms with Crippen molar-refractivity contribution in [3.63, 3.8) is 0 Å². The summed E-state index contributed by atoms with van der Waals surface area (Å²) in [6, 6.07) is 13.1. The van der Waals surface area contributed by atoms with Crippen LogP contribution in [0.1, 0.15) is 66.1 Å². The molecule has 1 amide bonds. The molecular weight excluding hydrogens is 460 g/mol. The number of nitrogens with zero attached hydrogens (tertiary/aromatic N) is 2. The maximum Gasteiger partial charge on any atom is 0.250 e. The molecule has 7 nitrogen and oxygen atoms in total. The summed E-state index contributed by atoms with van der Waals surface area (Å²) in [5.74, 6) is -0.103. The number of piperidine rings is 1. The Balaban J connectivity index is 1.52. The fraction of sp³-hybridized carbons (Fsp3) is 0.444. The van der Waals surface area contributed by atoms with Crippen molar-refractivity contribution in [3.8, 4) is 11.1 Å². The number of aromatic nitrogens is 1. The molecule has 2 aliphatic heterocycles. The summed E-state index contributed by atoms with van der Waals surface area (Å²) < 4.78 is 26.2. The molecule has 186 valence electrons. The quantitative estimate of drug-likeness (QED) is 0.536. The first-order valence-electron chi connectivity index (χ1n) is 12.5. The Morgan fingerprint density at radius 1 is 1.09 bits per heavy atom. The lowest BCUT2D eigenvalue weighted by atomic mass is 9.88. The fourth-order valence-corrected chi connectivity index (χ4v) is 6.97. The van der Waals surface area contributed by atoms with E-state index in [2.05, 4.69) is 47.3 Å². The van der Waals surface area contributed by atoms with E-state index in [-0.39, 0.29) is 11.7 Å². The number of carbonyl (C=O) groups excluding carboxylic acids is 1. The van der Waals surface area contributed by atoms with E-state index in [9.17, 15) is 13.2 Å². The standard InChI is InChI=1S/C27H34N4O3S/c1-3-35(33,34)31-12-9-18(10-13-31)24-17-29-26-22(24)15-21(16-23(26)27(28)32)19-6-4-7-20(14-19)25-8-5-11-30(25)2/h4,6-7,14-18,25,29H,3,5,8-13H2,1-2H3,(H2,28,32). The number of amides is 1. The van der Waals surface area contributed by atoms with Crippen LogP contribution in [0.25, 0.3) is 22.0 Å². The van der Waals surface area contributed by atoms with Crippen molar-refractivity contribution in [1.29, 1.82) is 0 Å². The number of fused-ring (bicyclic) bond motifs is 1. The molecule has 2 fully saturated rings. The molecule has 3 N–H and O–H groups in total. The second-order valence-electron chi connectivity index (χ2n) is 9.89. The SMILES string of the molecule is CCS(=O)(=O)N1CCC(c2c[nH]c3c(C(N)=O)cc(-c4cccc(C5CCCN5C)c4)cc23)CC1. The van der Waals surface area contributed by atoms with Gasteiger partial charge in [0.25, 0.3) is 5.91 Å². The summed E-state index contributed by atoms with van der Waals surface area (Å²) in [6.07, 6.45) is 5.84. The number of nitrogens with two attached hydrogens (primary N) is 1. The molecule has 35 heavy (non-hydrogen) atoms. The van der Waals surface area contributed by atoms with E-state index in [0.717, 1.165) is 53.4 Å². The molecule has 1 aromatic heterocycles. The van der Waals surface area contributed by atoms with Gasteiger partial charge in [-0.05, 0) is 92.6 Å². The van der Waals surface area contributed by atoms with Gasteiger partial charge in [-0.1, -0.05) is 18.2 Å². The Kier molecular flexibility index (Phi) is 6.46. The number of nitrogens with one attached hydrogen (secondary N) is 1. The van der Waals surface area contributed by atoms with Gasteiger partial charge in [0.05, 0.1) is 16.8 Å². The lowest BCUT2D eigenvalue weighted by molar-refractivity contribution is 0.100. The first-order valence-corrected chi connectivity index (χ1v) is 14.1. The van der Waals surface area contributed by atoms with Crippen molar-refractivity contribution >= 4 is 26.8 Å². The molecule has 2 aliphatic rings. The van der Waals surface area contributed by atoms with E-state index in [1.54, 1.807) is 11.2 Å². The molecule has 3 heterocycles. The third-order valence-electron chi connectivity index (χ3n) is 7.86. The number of rotatable bonds is 6. The summed E-state index contributed by atoms with van der Waals surface area (Å²) in [6.45, 7) is 3.84. The number of hydrogen-bond acceptors (Lipinski definition) is 4. The molecular formula is C27H34N4O3S. The first kappa shape index (κ1) is 24.0. The van der Waals surface area contributed by atoms with Crippen LogP contribution in [0.4, 0.5) is 0 Å². The molecule has 2 saturated heterocycles. The lowest BCUT2D eigenvalue weighted by Crippen LogP contribution is -2.38. The van der Waals surface area contributed by atoms with Gasteiger partial charge >= 0.3 is 0 Å². The number of primary amides is 1. The van der Waals surface area contributed by atoms with Crippen LogP contribution in [0.3, 0.4) is 0 Å². The normalized spacial score (nSPS) is 20.6. The van der Waals surface area contributed by atoms with Gasteiger partial charge in [0.15, 0.2) is 0 Å². The molecule has 1 atom stereocenters. The monoisotopic (exact) mass is 494 g/mol. The Labute approximate surface area is 207 Å². The van der Waals surface area contributed by atoms with Crippen LogP contribution in [0, 0.1) is 0 Å². The van der Waals surface area contributed by atoms with Crippen LogP contribution < -0.4 is 5.73 Å². The Hall–Kier alpha value is -2.68. The average molecular weight is 495 g/mol. The molecule has 0 saturated carbocycles. The average Bonchev–Trinajstić information content (AvgIpc) is 3.49. The third-order valence-corrected chi connectivity index (χ3v) is 9.75. The number of sulfonamides is 1. The highest BCUT2D eigenvalue weighted by Gasteiger charge is 2.29. The van der Waals surface area contributed by atoms with Gasteiger partial charge in [-0.25, -0.2) is 12.7 Å². The lowest BCUT2D eigenvalue weighted by Gasteiger charge is -2.31. The summed E-state index contributed by atoms with van der Waals surface area (Å²) in [7, 11) is -1.000. The largest absolute Gasteiger partial charge is 0.366 e. The van der Waals surface area contributed by atoms with Crippen LogP contribution in [0.5, 0.6) is 0 Å². The second-order valence-corrected chi connectivity index (χ2v) is 12.2. The van der Waals surface area contributed by atoms with Crippen LogP contribution in [-0.4, -0.2) is 60.9 Å². The smallest absolute Gasteiger partial charge is 0.250 e. The van der Waals surface area contributed by atoms with Gasteiger partial charge in [-0.2, -0.15) is 0 Å². The van der Waals surface area contributed by atoms with E-state index in [1.807, 2.05) is 12.3 Å². The van der Waals surface area contributed by atoms with Crippen molar-refractivity contribution in [1.82, 2.24) is 14.2 Å². The number of hydrogen-bond donors (Lipinski definition) is 2.